The highest BCUT2D eigenvalue weighted by Crippen LogP contribution is 2.23. The van der Waals surface area contributed by atoms with Crippen LogP contribution < -0.4 is 4.90 Å². The Kier molecular flexibility index (Phi) is 3.95. The minimum absolute atomic E-state index is 0.562. The van der Waals surface area contributed by atoms with Crippen LogP contribution in [0.15, 0.2) is 42.6 Å². The Morgan fingerprint density at radius 1 is 1.33 bits per heavy atom. The highest BCUT2D eigenvalue weighted by Gasteiger charge is 2.08. The van der Waals surface area contributed by atoms with Crippen LogP contribution in [0.2, 0.25) is 5.02 Å². The van der Waals surface area contributed by atoms with Gasteiger partial charge in [-0.05, 0) is 30.3 Å². The molecule has 0 atom stereocenters. The van der Waals surface area contributed by atoms with E-state index in [1.54, 1.807) is 18.3 Å². The molecule has 4 heteroatoms. The molecule has 0 saturated carbocycles. The first-order valence-corrected chi connectivity index (χ1v) is 5.94. The van der Waals surface area contributed by atoms with Crippen LogP contribution >= 0.6 is 11.6 Å². The van der Waals surface area contributed by atoms with Gasteiger partial charge in [-0.15, -0.1) is 0 Å². The lowest BCUT2D eigenvalue weighted by Crippen LogP contribution is -2.18. The van der Waals surface area contributed by atoms with Gasteiger partial charge in [0.25, 0.3) is 0 Å². The summed E-state index contributed by atoms with van der Waals surface area (Å²) in [4.78, 5) is 17.3. The second-order valence-electron chi connectivity index (χ2n) is 4.00. The van der Waals surface area contributed by atoms with Gasteiger partial charge in [-0.2, -0.15) is 0 Å². The molecule has 0 amide bonds. The largest absolute Gasteiger partial charge is 0.368 e. The van der Waals surface area contributed by atoms with Gasteiger partial charge in [-0.3, -0.25) is 9.78 Å². The van der Waals surface area contributed by atoms with Gasteiger partial charge in [0.2, 0.25) is 0 Å². The number of aromatic nitrogens is 1. The van der Waals surface area contributed by atoms with Crippen molar-refractivity contribution in [1.82, 2.24) is 4.98 Å². The van der Waals surface area contributed by atoms with Crippen LogP contribution in [0.5, 0.6) is 0 Å². The number of anilines is 1. The third-order valence-electron chi connectivity index (χ3n) is 2.65. The molecule has 1 aromatic heterocycles. The summed E-state index contributed by atoms with van der Waals surface area (Å²) in [6, 6.07) is 11.1. The van der Waals surface area contributed by atoms with Crippen LogP contribution in [0.1, 0.15) is 16.1 Å². The summed E-state index contributed by atoms with van der Waals surface area (Å²) in [6.45, 7) is 0.642. The van der Waals surface area contributed by atoms with Crippen LogP contribution in [0.4, 0.5) is 5.69 Å². The third kappa shape index (κ3) is 2.87. The van der Waals surface area contributed by atoms with E-state index < -0.39 is 0 Å². The molecule has 0 radical (unpaired) electrons. The van der Waals surface area contributed by atoms with Gasteiger partial charge >= 0.3 is 0 Å². The Bertz CT molecular complexity index is 543. The quantitative estimate of drug-likeness (QED) is 0.792. The number of benzene rings is 1. The van der Waals surface area contributed by atoms with Crippen LogP contribution in [0.3, 0.4) is 0 Å². The first-order chi connectivity index (χ1) is 8.70. The van der Waals surface area contributed by atoms with E-state index in [0.29, 0.717) is 17.1 Å². The van der Waals surface area contributed by atoms with E-state index in [9.17, 15) is 4.79 Å². The number of carbonyl (C=O) groups excluding carboxylic acids is 1. The Morgan fingerprint density at radius 2 is 2.17 bits per heavy atom. The topological polar surface area (TPSA) is 33.2 Å². The second-order valence-corrected chi connectivity index (χ2v) is 4.43. The number of hydrogen-bond donors (Lipinski definition) is 0. The maximum atomic E-state index is 11.0. The lowest BCUT2D eigenvalue weighted by Gasteiger charge is -2.20. The maximum absolute atomic E-state index is 11.0. The van der Waals surface area contributed by atoms with E-state index >= 15 is 0 Å². The number of nitrogens with zero attached hydrogens (tertiary/aromatic N) is 2. The molecule has 0 unspecified atom stereocenters. The summed E-state index contributed by atoms with van der Waals surface area (Å²) >= 11 is 5.87. The average Bonchev–Trinajstić information content (AvgIpc) is 2.39. The molecule has 1 heterocycles. The Balaban J connectivity index is 2.23. The number of halogens is 1. The molecule has 3 nitrogen and oxygen atoms in total. The van der Waals surface area contributed by atoms with Crippen molar-refractivity contribution >= 4 is 23.6 Å². The Morgan fingerprint density at radius 3 is 2.83 bits per heavy atom. The summed E-state index contributed by atoms with van der Waals surface area (Å²) in [5.41, 5.74) is 2.38. The van der Waals surface area contributed by atoms with Crippen molar-refractivity contribution in [3.05, 3.63) is 58.9 Å². The molecule has 0 aliphatic carbocycles. The zero-order valence-corrected chi connectivity index (χ0v) is 10.8. The summed E-state index contributed by atoms with van der Waals surface area (Å²) in [5.74, 6) is 0. The maximum Gasteiger partial charge on any atom is 0.152 e. The minimum atomic E-state index is 0.562. The van der Waals surface area contributed by atoms with Gasteiger partial charge in [0.05, 0.1) is 12.2 Å². The summed E-state index contributed by atoms with van der Waals surface area (Å²) in [6.07, 6.45) is 2.57. The number of rotatable bonds is 4. The van der Waals surface area contributed by atoms with Crippen molar-refractivity contribution < 1.29 is 4.79 Å². The van der Waals surface area contributed by atoms with E-state index in [1.165, 1.54) is 0 Å². The molecule has 0 spiro atoms. The summed E-state index contributed by atoms with van der Waals surface area (Å²) < 4.78 is 0. The van der Waals surface area contributed by atoms with Gasteiger partial charge in [0.1, 0.15) is 0 Å². The predicted molar refractivity (Wildman–Crippen MR) is 73.2 cm³/mol. The molecular weight excluding hydrogens is 248 g/mol. The zero-order chi connectivity index (χ0) is 13.0. The normalized spacial score (nSPS) is 10.1. The number of hydrogen-bond acceptors (Lipinski definition) is 3. The van der Waals surface area contributed by atoms with Gasteiger partial charge in [-0.1, -0.05) is 17.7 Å². The number of pyridine rings is 1. The van der Waals surface area contributed by atoms with Crippen molar-refractivity contribution in [2.45, 2.75) is 6.54 Å². The van der Waals surface area contributed by atoms with E-state index in [4.69, 9.17) is 11.6 Å². The van der Waals surface area contributed by atoms with Crippen LogP contribution in [0.25, 0.3) is 0 Å². The predicted octanol–water partition coefficient (Wildman–Crippen LogP) is 3.18. The Hall–Kier alpha value is -1.87. The fourth-order valence-corrected chi connectivity index (χ4v) is 1.97. The molecule has 92 valence electrons. The lowest BCUT2D eigenvalue weighted by molar-refractivity contribution is 0.112. The molecule has 0 bridgehead atoms. The molecule has 1 aromatic carbocycles. The number of carbonyl (C=O) groups is 1. The van der Waals surface area contributed by atoms with E-state index in [2.05, 4.69) is 4.98 Å². The molecule has 0 aliphatic rings. The van der Waals surface area contributed by atoms with Gasteiger partial charge in [0.15, 0.2) is 6.29 Å². The first-order valence-electron chi connectivity index (χ1n) is 5.56. The second kappa shape index (κ2) is 5.65. The standard InChI is InChI=1S/C14H13ClN2O/c1-17(9-13-4-2-3-7-16-13)14-6-5-12(15)8-11(14)10-18/h2-8,10H,9H2,1H3. The van der Waals surface area contributed by atoms with Crippen LogP contribution in [-0.4, -0.2) is 18.3 Å². The zero-order valence-electron chi connectivity index (χ0n) is 10.0. The summed E-state index contributed by atoms with van der Waals surface area (Å²) in [5, 5.41) is 0.562. The van der Waals surface area contributed by atoms with Crippen molar-refractivity contribution in [3.8, 4) is 0 Å². The van der Waals surface area contributed by atoms with Crippen molar-refractivity contribution in [2.24, 2.45) is 0 Å². The van der Waals surface area contributed by atoms with E-state index in [-0.39, 0.29) is 0 Å². The smallest absolute Gasteiger partial charge is 0.152 e. The van der Waals surface area contributed by atoms with E-state index in [1.807, 2.05) is 36.2 Å². The molecule has 2 rings (SSSR count). The lowest BCUT2D eigenvalue weighted by atomic mass is 10.1. The average molecular weight is 261 g/mol. The molecule has 0 fully saturated rings. The molecule has 0 aliphatic heterocycles. The third-order valence-corrected chi connectivity index (χ3v) is 2.89. The SMILES string of the molecule is CN(Cc1ccccn1)c1ccc(Cl)cc1C=O. The molecule has 2 aromatic rings. The fraction of sp³-hybridized carbons (Fsp3) is 0.143. The molecule has 18 heavy (non-hydrogen) atoms. The minimum Gasteiger partial charge on any atom is -0.368 e. The van der Waals surface area contributed by atoms with Gasteiger partial charge in [-0.25, -0.2) is 0 Å². The molecule has 0 saturated heterocycles. The highest BCUT2D eigenvalue weighted by molar-refractivity contribution is 6.31. The number of aldehydes is 1. The van der Waals surface area contributed by atoms with Gasteiger partial charge in [0, 0.05) is 29.5 Å². The van der Waals surface area contributed by atoms with Crippen LogP contribution in [0, 0.1) is 0 Å². The van der Waals surface area contributed by atoms with Gasteiger partial charge < -0.3 is 4.90 Å². The first kappa shape index (κ1) is 12.6. The highest BCUT2D eigenvalue weighted by atomic mass is 35.5. The van der Waals surface area contributed by atoms with E-state index in [0.717, 1.165) is 17.7 Å². The van der Waals surface area contributed by atoms with Crippen molar-refractivity contribution in [3.63, 3.8) is 0 Å². The molecule has 0 N–H and O–H groups in total. The monoisotopic (exact) mass is 260 g/mol. The van der Waals surface area contributed by atoms with Crippen molar-refractivity contribution in [2.75, 3.05) is 11.9 Å². The Labute approximate surface area is 111 Å². The van der Waals surface area contributed by atoms with Crippen LogP contribution in [-0.2, 0) is 6.54 Å². The summed E-state index contributed by atoms with van der Waals surface area (Å²) in [7, 11) is 1.92. The molecular formula is C14H13ClN2O. The van der Waals surface area contributed by atoms with Crippen molar-refractivity contribution in [1.29, 1.82) is 0 Å². The fourth-order valence-electron chi connectivity index (χ4n) is 1.79.